The van der Waals surface area contributed by atoms with Gasteiger partial charge in [0.15, 0.2) is 0 Å². The third kappa shape index (κ3) is 6.30. The number of amides is 1. The van der Waals surface area contributed by atoms with Gasteiger partial charge in [-0.1, -0.05) is 23.7 Å². The second-order valence-corrected chi connectivity index (χ2v) is 7.87. The number of nitrogen functional groups attached to an aromatic ring is 1. The maximum atomic E-state index is 13.2. The number of carbonyl (C=O) groups is 1. The van der Waals surface area contributed by atoms with Crippen LogP contribution in [-0.4, -0.2) is 30.2 Å². The molecule has 2 N–H and O–H groups in total. The number of nitrogens with two attached hydrogens (primary N) is 1. The molecule has 0 unspecified atom stereocenters. The van der Waals surface area contributed by atoms with Crippen LogP contribution in [0, 0.1) is 5.82 Å². The van der Waals surface area contributed by atoms with Crippen molar-refractivity contribution >= 4 is 23.4 Å². The van der Waals surface area contributed by atoms with Crippen LogP contribution in [0.2, 0.25) is 5.02 Å². The lowest BCUT2D eigenvalue weighted by Gasteiger charge is -2.27. The van der Waals surface area contributed by atoms with Crippen molar-refractivity contribution in [3.63, 3.8) is 0 Å². The molecule has 1 amide bonds. The summed E-state index contributed by atoms with van der Waals surface area (Å²) >= 11 is 6.29. The van der Waals surface area contributed by atoms with E-state index in [0.29, 0.717) is 36.0 Å². The standard InChI is InChI=1S/C21H26ClFN2O3/c1-21(2,3)28-20(26)25(13-14-5-7-16(23)8-6-14)10-9-15-11-19(27-4)18(24)12-17(15)22/h5-8,11-12H,9-10,13,24H2,1-4H3. The highest BCUT2D eigenvalue weighted by molar-refractivity contribution is 6.31. The predicted molar refractivity (Wildman–Crippen MR) is 109 cm³/mol. The van der Waals surface area contributed by atoms with Gasteiger partial charge in [0.05, 0.1) is 12.8 Å². The summed E-state index contributed by atoms with van der Waals surface area (Å²) < 4.78 is 23.9. The number of benzene rings is 2. The monoisotopic (exact) mass is 408 g/mol. The van der Waals surface area contributed by atoms with Gasteiger partial charge in [0.2, 0.25) is 0 Å². The lowest BCUT2D eigenvalue weighted by molar-refractivity contribution is 0.0236. The van der Waals surface area contributed by atoms with Crippen molar-refractivity contribution in [3.8, 4) is 5.75 Å². The number of hydrogen-bond donors (Lipinski definition) is 1. The van der Waals surface area contributed by atoms with Crippen LogP contribution in [0.5, 0.6) is 5.75 Å². The molecular formula is C21H26ClFN2O3. The molecule has 2 aromatic carbocycles. The highest BCUT2D eigenvalue weighted by atomic mass is 35.5. The van der Waals surface area contributed by atoms with Crippen molar-refractivity contribution in [3.05, 3.63) is 58.4 Å². The minimum Gasteiger partial charge on any atom is -0.495 e. The summed E-state index contributed by atoms with van der Waals surface area (Å²) in [6, 6.07) is 9.42. The summed E-state index contributed by atoms with van der Waals surface area (Å²) in [7, 11) is 1.53. The molecule has 2 aromatic rings. The fourth-order valence-corrected chi connectivity index (χ4v) is 2.87. The summed E-state index contributed by atoms with van der Waals surface area (Å²) in [6.07, 6.45) is 0.0333. The van der Waals surface area contributed by atoms with Crippen LogP contribution < -0.4 is 10.5 Å². The van der Waals surface area contributed by atoms with Gasteiger partial charge in [-0.3, -0.25) is 0 Å². The van der Waals surface area contributed by atoms with E-state index in [-0.39, 0.29) is 5.82 Å². The normalized spacial score (nSPS) is 11.2. The fourth-order valence-electron chi connectivity index (χ4n) is 2.61. The third-order valence-corrected chi connectivity index (χ3v) is 4.34. The van der Waals surface area contributed by atoms with E-state index in [1.165, 1.54) is 19.2 Å². The zero-order valence-corrected chi connectivity index (χ0v) is 17.3. The summed E-state index contributed by atoms with van der Waals surface area (Å²) in [5.41, 5.74) is 7.30. The Balaban J connectivity index is 2.19. The number of carbonyl (C=O) groups excluding carboxylic acids is 1. The number of halogens is 2. The first-order valence-electron chi connectivity index (χ1n) is 8.93. The minimum atomic E-state index is -0.625. The molecule has 0 saturated carbocycles. The largest absolute Gasteiger partial charge is 0.495 e. The Morgan fingerprint density at radius 2 is 1.86 bits per heavy atom. The minimum absolute atomic E-state index is 0.291. The molecule has 0 aliphatic heterocycles. The van der Waals surface area contributed by atoms with Gasteiger partial charge in [0.1, 0.15) is 17.2 Å². The number of ether oxygens (including phenoxy) is 2. The average molecular weight is 409 g/mol. The topological polar surface area (TPSA) is 64.8 Å². The van der Waals surface area contributed by atoms with Gasteiger partial charge in [0, 0.05) is 18.1 Å². The maximum Gasteiger partial charge on any atom is 0.410 e. The molecule has 0 aliphatic rings. The van der Waals surface area contributed by atoms with Gasteiger partial charge in [-0.05, 0) is 62.6 Å². The van der Waals surface area contributed by atoms with Crippen molar-refractivity contribution in [1.82, 2.24) is 4.90 Å². The average Bonchev–Trinajstić information content (AvgIpc) is 2.60. The van der Waals surface area contributed by atoms with E-state index in [0.717, 1.165) is 11.1 Å². The molecular weight excluding hydrogens is 383 g/mol. The summed E-state index contributed by atoms with van der Waals surface area (Å²) in [5, 5.41) is 0.504. The molecule has 0 heterocycles. The van der Waals surface area contributed by atoms with Crippen molar-refractivity contribution in [2.45, 2.75) is 39.3 Å². The first-order valence-corrected chi connectivity index (χ1v) is 9.31. The van der Waals surface area contributed by atoms with Gasteiger partial charge in [-0.2, -0.15) is 0 Å². The highest BCUT2D eigenvalue weighted by Crippen LogP contribution is 2.29. The van der Waals surface area contributed by atoms with Crippen molar-refractivity contribution in [1.29, 1.82) is 0 Å². The summed E-state index contributed by atoms with van der Waals surface area (Å²) in [5.74, 6) is 0.204. The molecule has 28 heavy (non-hydrogen) atoms. The fraction of sp³-hybridized carbons (Fsp3) is 0.381. The zero-order chi connectivity index (χ0) is 20.9. The third-order valence-electron chi connectivity index (χ3n) is 3.99. The lowest BCUT2D eigenvalue weighted by atomic mass is 10.1. The molecule has 0 saturated heterocycles. The van der Waals surface area contributed by atoms with Crippen LogP contribution in [0.4, 0.5) is 14.9 Å². The molecule has 5 nitrogen and oxygen atoms in total. The van der Waals surface area contributed by atoms with Crippen molar-refractivity contribution in [2.75, 3.05) is 19.4 Å². The quantitative estimate of drug-likeness (QED) is 0.679. The highest BCUT2D eigenvalue weighted by Gasteiger charge is 2.22. The van der Waals surface area contributed by atoms with E-state index < -0.39 is 11.7 Å². The number of anilines is 1. The van der Waals surface area contributed by atoms with Crippen LogP contribution in [-0.2, 0) is 17.7 Å². The molecule has 7 heteroatoms. The molecule has 0 atom stereocenters. The van der Waals surface area contributed by atoms with Crippen molar-refractivity contribution in [2.24, 2.45) is 0 Å². The van der Waals surface area contributed by atoms with E-state index in [1.807, 2.05) is 20.8 Å². The molecule has 152 valence electrons. The Morgan fingerprint density at radius 3 is 2.43 bits per heavy atom. The molecule has 0 spiro atoms. The zero-order valence-electron chi connectivity index (χ0n) is 16.6. The van der Waals surface area contributed by atoms with Crippen molar-refractivity contribution < 1.29 is 18.7 Å². The van der Waals surface area contributed by atoms with Crippen LogP contribution in [0.1, 0.15) is 31.9 Å². The lowest BCUT2D eigenvalue weighted by Crippen LogP contribution is -2.37. The van der Waals surface area contributed by atoms with Crippen LogP contribution >= 0.6 is 11.6 Å². The van der Waals surface area contributed by atoms with Crippen LogP contribution in [0.15, 0.2) is 36.4 Å². The van der Waals surface area contributed by atoms with E-state index in [2.05, 4.69) is 0 Å². The molecule has 0 radical (unpaired) electrons. The second kappa shape index (κ2) is 9.15. The van der Waals surface area contributed by atoms with E-state index >= 15 is 0 Å². The second-order valence-electron chi connectivity index (χ2n) is 7.46. The number of methoxy groups -OCH3 is 1. The Hall–Kier alpha value is -2.47. The summed E-state index contributed by atoms with van der Waals surface area (Å²) in [6.45, 7) is 6.08. The Kier molecular flexibility index (Phi) is 7.13. The summed E-state index contributed by atoms with van der Waals surface area (Å²) in [4.78, 5) is 14.2. The SMILES string of the molecule is COc1cc(CCN(Cc2ccc(F)cc2)C(=O)OC(C)(C)C)c(Cl)cc1N. The first kappa shape index (κ1) is 21.8. The van der Waals surface area contributed by atoms with Gasteiger partial charge in [0.25, 0.3) is 0 Å². The Morgan fingerprint density at radius 1 is 1.21 bits per heavy atom. The Bertz CT molecular complexity index is 820. The molecule has 0 aliphatic carbocycles. The van der Waals surface area contributed by atoms with Gasteiger partial charge >= 0.3 is 6.09 Å². The van der Waals surface area contributed by atoms with Gasteiger partial charge < -0.3 is 20.1 Å². The van der Waals surface area contributed by atoms with Gasteiger partial charge in [-0.25, -0.2) is 9.18 Å². The number of rotatable bonds is 6. The van der Waals surface area contributed by atoms with Gasteiger partial charge in [-0.15, -0.1) is 0 Å². The predicted octanol–water partition coefficient (Wildman–Crippen LogP) is 5.05. The van der Waals surface area contributed by atoms with E-state index in [9.17, 15) is 9.18 Å². The van der Waals surface area contributed by atoms with E-state index in [4.69, 9.17) is 26.8 Å². The first-order chi connectivity index (χ1) is 13.1. The molecule has 0 aromatic heterocycles. The van der Waals surface area contributed by atoms with Crippen LogP contribution in [0.3, 0.4) is 0 Å². The number of hydrogen-bond acceptors (Lipinski definition) is 4. The maximum absolute atomic E-state index is 13.2. The number of nitrogens with zero attached hydrogens (tertiary/aromatic N) is 1. The molecule has 0 bridgehead atoms. The smallest absolute Gasteiger partial charge is 0.410 e. The van der Waals surface area contributed by atoms with E-state index in [1.54, 1.807) is 29.2 Å². The molecule has 2 rings (SSSR count). The molecule has 0 fully saturated rings. The van der Waals surface area contributed by atoms with Crippen LogP contribution in [0.25, 0.3) is 0 Å². The Labute approximate surface area is 170 Å².